The summed E-state index contributed by atoms with van der Waals surface area (Å²) in [5, 5.41) is 14.7. The van der Waals surface area contributed by atoms with E-state index in [4.69, 9.17) is 5.73 Å². The lowest BCUT2D eigenvalue weighted by Crippen LogP contribution is -2.13. The van der Waals surface area contributed by atoms with Crippen LogP contribution in [0.5, 0.6) is 0 Å². The molecule has 0 unspecified atom stereocenters. The monoisotopic (exact) mass is 263 g/mol. The number of hydrogen-bond donors (Lipinski definition) is 2. The van der Waals surface area contributed by atoms with Crippen molar-refractivity contribution in [1.82, 2.24) is 24.8 Å². The third-order valence-corrected chi connectivity index (χ3v) is 2.62. The quantitative estimate of drug-likeness (QED) is 0.776. The zero-order valence-electron chi connectivity index (χ0n) is 11.0. The molecule has 2 rings (SSSR count). The average Bonchev–Trinajstić information content (AvgIpc) is 2.96. The number of hydrogen-bond acceptors (Lipinski definition) is 5. The fourth-order valence-electron chi connectivity index (χ4n) is 1.73. The molecule has 2 aromatic rings. The van der Waals surface area contributed by atoms with Crippen molar-refractivity contribution in [3.8, 4) is 0 Å². The molecule has 0 bridgehead atoms. The predicted molar refractivity (Wildman–Crippen MR) is 69.6 cm³/mol. The van der Waals surface area contributed by atoms with Crippen molar-refractivity contribution in [3.05, 3.63) is 23.8 Å². The van der Waals surface area contributed by atoms with Crippen molar-refractivity contribution in [2.45, 2.75) is 19.9 Å². The third kappa shape index (κ3) is 2.97. The number of rotatable bonds is 5. The first-order valence-corrected chi connectivity index (χ1v) is 6.08. The lowest BCUT2D eigenvalue weighted by Gasteiger charge is -2.00. The van der Waals surface area contributed by atoms with Gasteiger partial charge in [-0.25, -0.2) is 0 Å². The molecule has 3 N–H and O–H groups in total. The van der Waals surface area contributed by atoms with Gasteiger partial charge in [-0.15, -0.1) is 5.10 Å². The van der Waals surface area contributed by atoms with Crippen LogP contribution in [0.25, 0.3) is 0 Å². The Morgan fingerprint density at radius 3 is 2.95 bits per heavy atom. The van der Waals surface area contributed by atoms with Crippen molar-refractivity contribution in [1.29, 1.82) is 0 Å². The Hall–Kier alpha value is -2.22. The maximum atomic E-state index is 12.0. The Bertz CT molecular complexity index is 571. The lowest BCUT2D eigenvalue weighted by molar-refractivity contribution is 0.102. The third-order valence-electron chi connectivity index (χ3n) is 2.62. The normalized spacial score (nSPS) is 10.7. The largest absolute Gasteiger partial charge is 0.329 e. The maximum absolute atomic E-state index is 12.0. The van der Waals surface area contributed by atoms with Crippen LogP contribution in [0.3, 0.4) is 0 Å². The van der Waals surface area contributed by atoms with Crippen LogP contribution < -0.4 is 11.1 Å². The Morgan fingerprint density at radius 1 is 1.47 bits per heavy atom. The first-order chi connectivity index (χ1) is 9.13. The summed E-state index contributed by atoms with van der Waals surface area (Å²) in [5.41, 5.74) is 7.21. The van der Waals surface area contributed by atoms with Gasteiger partial charge in [-0.3, -0.25) is 14.2 Å². The van der Waals surface area contributed by atoms with Crippen LogP contribution in [0.4, 0.5) is 5.69 Å². The molecule has 0 aliphatic carbocycles. The van der Waals surface area contributed by atoms with E-state index < -0.39 is 0 Å². The van der Waals surface area contributed by atoms with Gasteiger partial charge in [-0.2, -0.15) is 5.10 Å². The van der Waals surface area contributed by atoms with Crippen LogP contribution in [-0.2, 0) is 20.0 Å². The predicted octanol–water partition coefficient (Wildman–Crippen LogP) is -0.215. The topological polar surface area (TPSA) is 104 Å². The molecule has 19 heavy (non-hydrogen) atoms. The van der Waals surface area contributed by atoms with Crippen LogP contribution >= 0.6 is 0 Å². The molecule has 8 heteroatoms. The highest BCUT2D eigenvalue weighted by Gasteiger charge is 2.14. The molecule has 0 aromatic carbocycles. The van der Waals surface area contributed by atoms with Crippen LogP contribution in [0, 0.1) is 0 Å². The molecule has 0 aliphatic heterocycles. The van der Waals surface area contributed by atoms with E-state index in [0.29, 0.717) is 18.8 Å². The summed E-state index contributed by atoms with van der Waals surface area (Å²) in [7, 11) is 1.81. The van der Waals surface area contributed by atoms with E-state index in [1.165, 1.54) is 0 Å². The highest BCUT2D eigenvalue weighted by Crippen LogP contribution is 2.14. The smallest absolute Gasteiger partial charge is 0.277 e. The minimum absolute atomic E-state index is 0.263. The number of nitrogens with zero attached hydrogens (tertiary/aromatic N) is 5. The minimum Gasteiger partial charge on any atom is -0.329 e. The van der Waals surface area contributed by atoms with Gasteiger partial charge in [0, 0.05) is 19.8 Å². The van der Waals surface area contributed by atoms with E-state index in [9.17, 15) is 4.79 Å². The zero-order valence-corrected chi connectivity index (χ0v) is 11.0. The molecule has 0 spiro atoms. The van der Waals surface area contributed by atoms with E-state index in [2.05, 4.69) is 20.7 Å². The second-order valence-corrected chi connectivity index (χ2v) is 4.13. The van der Waals surface area contributed by atoms with E-state index in [-0.39, 0.29) is 11.6 Å². The maximum Gasteiger partial charge on any atom is 0.277 e. The molecule has 0 atom stereocenters. The minimum atomic E-state index is -0.300. The van der Waals surface area contributed by atoms with Crippen LogP contribution in [-0.4, -0.2) is 37.2 Å². The van der Waals surface area contributed by atoms with Crippen molar-refractivity contribution in [2.24, 2.45) is 12.8 Å². The summed E-state index contributed by atoms with van der Waals surface area (Å²) < 4.78 is 3.21. The van der Waals surface area contributed by atoms with Gasteiger partial charge in [0.1, 0.15) is 0 Å². The van der Waals surface area contributed by atoms with Gasteiger partial charge in [-0.05, 0) is 6.42 Å². The first kappa shape index (κ1) is 13.2. The number of anilines is 1. The molecule has 0 aliphatic rings. The molecule has 0 saturated carbocycles. The Kier molecular flexibility index (Phi) is 3.91. The summed E-state index contributed by atoms with van der Waals surface area (Å²) in [4.78, 5) is 12.0. The van der Waals surface area contributed by atoms with Crippen LogP contribution in [0.2, 0.25) is 0 Å². The van der Waals surface area contributed by atoms with Crippen molar-refractivity contribution in [2.75, 3.05) is 11.9 Å². The molecule has 2 aromatic heterocycles. The van der Waals surface area contributed by atoms with Crippen molar-refractivity contribution >= 4 is 11.6 Å². The Morgan fingerprint density at radius 2 is 2.26 bits per heavy atom. The van der Waals surface area contributed by atoms with Crippen LogP contribution in [0.1, 0.15) is 23.1 Å². The molecule has 0 saturated heterocycles. The molecular weight excluding hydrogens is 246 g/mol. The first-order valence-electron chi connectivity index (χ1n) is 6.08. The van der Waals surface area contributed by atoms with Gasteiger partial charge >= 0.3 is 0 Å². The fraction of sp³-hybridized carbons (Fsp3) is 0.455. The molecule has 0 radical (unpaired) electrons. The summed E-state index contributed by atoms with van der Waals surface area (Å²) in [6, 6.07) is 0. The number of aryl methyl sites for hydroxylation is 2. The lowest BCUT2D eigenvalue weighted by atomic mass is 10.3. The molecule has 1 amide bonds. The number of carbonyl (C=O) groups excluding carboxylic acids is 1. The number of aromatic nitrogens is 5. The van der Waals surface area contributed by atoms with E-state index in [0.717, 1.165) is 12.1 Å². The molecule has 2 heterocycles. The zero-order chi connectivity index (χ0) is 13.8. The molecular formula is C11H17N7O. The summed E-state index contributed by atoms with van der Waals surface area (Å²) in [6.07, 6.45) is 4.08. The summed E-state index contributed by atoms with van der Waals surface area (Å²) >= 11 is 0. The number of amides is 1. The highest BCUT2D eigenvalue weighted by atomic mass is 16.2. The van der Waals surface area contributed by atoms with Gasteiger partial charge in [0.2, 0.25) is 0 Å². The number of nitrogens with one attached hydrogen (secondary N) is 1. The van der Waals surface area contributed by atoms with Crippen molar-refractivity contribution in [3.63, 3.8) is 0 Å². The summed E-state index contributed by atoms with van der Waals surface area (Å²) in [5.74, 6) is -0.300. The highest BCUT2D eigenvalue weighted by molar-refractivity contribution is 6.02. The van der Waals surface area contributed by atoms with Gasteiger partial charge in [0.15, 0.2) is 5.69 Å². The van der Waals surface area contributed by atoms with Gasteiger partial charge in [0.05, 0.1) is 24.1 Å². The van der Waals surface area contributed by atoms with Gasteiger partial charge in [0.25, 0.3) is 5.91 Å². The number of nitrogens with two attached hydrogens (primary N) is 1. The second-order valence-electron chi connectivity index (χ2n) is 4.13. The summed E-state index contributed by atoms with van der Waals surface area (Å²) in [6.45, 7) is 2.97. The SMILES string of the molecule is CCc1nn(C)cc1NC(=O)c1cn(CCN)nn1. The molecule has 102 valence electrons. The fourth-order valence-corrected chi connectivity index (χ4v) is 1.73. The van der Waals surface area contributed by atoms with Gasteiger partial charge < -0.3 is 11.1 Å². The average molecular weight is 263 g/mol. The molecule has 0 fully saturated rings. The number of carbonyl (C=O) groups is 1. The van der Waals surface area contributed by atoms with E-state index in [1.807, 2.05) is 14.0 Å². The van der Waals surface area contributed by atoms with Crippen LogP contribution in [0.15, 0.2) is 12.4 Å². The van der Waals surface area contributed by atoms with E-state index >= 15 is 0 Å². The van der Waals surface area contributed by atoms with Crippen molar-refractivity contribution < 1.29 is 4.79 Å². The van der Waals surface area contributed by atoms with Gasteiger partial charge in [-0.1, -0.05) is 12.1 Å². The van der Waals surface area contributed by atoms with E-state index in [1.54, 1.807) is 21.8 Å². The Balaban J connectivity index is 2.11. The second kappa shape index (κ2) is 5.61. The Labute approximate surface area is 110 Å². The standard InChI is InChI=1S/C11H17N7O/c1-3-8-9(6-17(2)15-8)13-11(19)10-7-18(5-4-12)16-14-10/h6-7H,3-5,12H2,1-2H3,(H,13,19). The molecule has 8 nitrogen and oxygen atoms in total.